The number of carbonyl (C=O) groups is 1. The molecule has 3 nitrogen and oxygen atoms in total. The van der Waals surface area contributed by atoms with Crippen molar-refractivity contribution in [2.75, 3.05) is 6.61 Å². The number of ketones is 1. The van der Waals surface area contributed by atoms with Gasteiger partial charge in [-0.05, 0) is 30.4 Å². The monoisotopic (exact) mass is 308 g/mol. The summed E-state index contributed by atoms with van der Waals surface area (Å²) in [7, 11) is 0. The second-order valence-electron chi connectivity index (χ2n) is 6.60. The lowest BCUT2D eigenvalue weighted by molar-refractivity contribution is -0.168. The zero-order valence-corrected chi connectivity index (χ0v) is 13.0. The van der Waals surface area contributed by atoms with Gasteiger partial charge in [-0.15, -0.1) is 0 Å². The van der Waals surface area contributed by atoms with E-state index in [1.54, 1.807) is 0 Å². The zero-order chi connectivity index (χ0) is 15.7. The number of ether oxygens (including phenoxy) is 2. The van der Waals surface area contributed by atoms with Crippen molar-refractivity contribution >= 4 is 5.78 Å². The lowest BCUT2D eigenvalue weighted by Gasteiger charge is -2.38. The molecule has 0 amide bonds. The fourth-order valence-corrected chi connectivity index (χ4v) is 3.83. The predicted molar refractivity (Wildman–Crippen MR) is 87.0 cm³/mol. The van der Waals surface area contributed by atoms with Crippen LogP contribution in [0.25, 0.3) is 0 Å². The van der Waals surface area contributed by atoms with Crippen molar-refractivity contribution in [1.29, 1.82) is 0 Å². The number of carbonyl (C=O) groups excluding carboxylic acids is 1. The third-order valence-corrected chi connectivity index (χ3v) is 4.88. The van der Waals surface area contributed by atoms with Crippen LogP contribution in [0.5, 0.6) is 0 Å². The van der Waals surface area contributed by atoms with Gasteiger partial charge in [-0.1, -0.05) is 60.7 Å². The molecule has 2 atom stereocenters. The van der Waals surface area contributed by atoms with E-state index in [1.165, 1.54) is 11.1 Å². The van der Waals surface area contributed by atoms with Crippen LogP contribution in [-0.4, -0.2) is 24.8 Å². The summed E-state index contributed by atoms with van der Waals surface area (Å²) in [5.74, 6) is 0.0963. The Hall–Kier alpha value is -1.97. The zero-order valence-electron chi connectivity index (χ0n) is 13.0. The molecule has 2 fully saturated rings. The quantitative estimate of drug-likeness (QED) is 0.870. The van der Waals surface area contributed by atoms with E-state index in [0.29, 0.717) is 6.61 Å². The Morgan fingerprint density at radius 3 is 2.04 bits per heavy atom. The van der Waals surface area contributed by atoms with E-state index in [9.17, 15) is 4.79 Å². The van der Waals surface area contributed by atoms with Crippen molar-refractivity contribution in [3.05, 3.63) is 71.8 Å². The largest absolute Gasteiger partial charge is 0.343 e. The van der Waals surface area contributed by atoms with Gasteiger partial charge in [0.2, 0.25) is 6.29 Å². The summed E-state index contributed by atoms with van der Waals surface area (Å²) >= 11 is 0. The van der Waals surface area contributed by atoms with Gasteiger partial charge in [0.1, 0.15) is 0 Å². The first-order chi connectivity index (χ1) is 11.3. The van der Waals surface area contributed by atoms with Gasteiger partial charge < -0.3 is 9.47 Å². The Balaban J connectivity index is 1.69. The molecule has 2 heterocycles. The van der Waals surface area contributed by atoms with Gasteiger partial charge in [-0.3, -0.25) is 4.79 Å². The van der Waals surface area contributed by atoms with Crippen molar-refractivity contribution in [2.45, 2.75) is 31.7 Å². The lowest BCUT2D eigenvalue weighted by Crippen LogP contribution is -2.48. The Bertz CT molecular complexity index is 639. The molecule has 4 rings (SSSR count). The summed E-state index contributed by atoms with van der Waals surface area (Å²) in [6.07, 6.45) is 1.56. The van der Waals surface area contributed by atoms with Gasteiger partial charge in [0.05, 0.1) is 12.7 Å². The van der Waals surface area contributed by atoms with Crippen LogP contribution in [0.15, 0.2) is 60.7 Å². The molecule has 2 aromatic rings. The Labute approximate surface area is 136 Å². The molecule has 0 spiro atoms. The molecular formula is C20H20O3. The summed E-state index contributed by atoms with van der Waals surface area (Å²) in [6, 6.07) is 20.5. The van der Waals surface area contributed by atoms with Gasteiger partial charge in [0.15, 0.2) is 5.78 Å². The third-order valence-electron chi connectivity index (χ3n) is 4.88. The molecule has 0 saturated carbocycles. The number of fused-ring (bicyclic) bond motifs is 2. The van der Waals surface area contributed by atoms with Crippen LogP contribution in [0.3, 0.4) is 0 Å². The Kier molecular flexibility index (Phi) is 3.76. The molecule has 2 bridgehead atoms. The van der Waals surface area contributed by atoms with Gasteiger partial charge in [-0.2, -0.15) is 0 Å². The molecule has 2 aliphatic heterocycles. The van der Waals surface area contributed by atoms with E-state index < -0.39 is 11.7 Å². The average molecular weight is 308 g/mol. The Morgan fingerprint density at radius 2 is 1.48 bits per heavy atom. The third kappa shape index (κ3) is 2.82. The summed E-state index contributed by atoms with van der Waals surface area (Å²) in [4.78, 5) is 13.1. The first-order valence-corrected chi connectivity index (χ1v) is 8.14. The van der Waals surface area contributed by atoms with E-state index >= 15 is 0 Å². The van der Waals surface area contributed by atoms with Crippen LogP contribution < -0.4 is 0 Å². The molecular weight excluding hydrogens is 288 g/mol. The van der Waals surface area contributed by atoms with Crippen LogP contribution in [0.2, 0.25) is 0 Å². The van der Waals surface area contributed by atoms with Gasteiger partial charge >= 0.3 is 0 Å². The lowest BCUT2D eigenvalue weighted by atomic mass is 9.69. The Morgan fingerprint density at radius 1 is 0.913 bits per heavy atom. The van der Waals surface area contributed by atoms with Crippen molar-refractivity contribution in [2.24, 2.45) is 5.41 Å². The van der Waals surface area contributed by atoms with Crippen LogP contribution in [0.1, 0.15) is 17.5 Å². The highest BCUT2D eigenvalue weighted by Gasteiger charge is 2.52. The molecule has 0 unspecified atom stereocenters. The minimum Gasteiger partial charge on any atom is -0.343 e. The summed E-state index contributed by atoms with van der Waals surface area (Å²) in [5, 5.41) is 0. The van der Waals surface area contributed by atoms with E-state index in [2.05, 4.69) is 24.3 Å². The number of benzene rings is 2. The summed E-state index contributed by atoms with van der Waals surface area (Å²) < 4.78 is 11.2. The topological polar surface area (TPSA) is 35.5 Å². The number of hydrogen-bond donors (Lipinski definition) is 0. The maximum Gasteiger partial charge on any atom is 0.218 e. The minimum atomic E-state index is -0.679. The minimum absolute atomic E-state index is 0.0325. The molecule has 2 aliphatic rings. The fraction of sp³-hybridized carbons (Fsp3) is 0.350. The highest BCUT2D eigenvalue weighted by atomic mass is 16.7. The second-order valence-corrected chi connectivity index (χ2v) is 6.60. The van der Waals surface area contributed by atoms with Crippen molar-refractivity contribution < 1.29 is 14.3 Å². The highest BCUT2D eigenvalue weighted by molar-refractivity contribution is 5.89. The first kappa shape index (κ1) is 14.6. The molecule has 3 heteroatoms. The molecule has 0 aromatic heterocycles. The summed E-state index contributed by atoms with van der Waals surface area (Å²) in [5.41, 5.74) is 1.95. The van der Waals surface area contributed by atoms with Gasteiger partial charge in [0, 0.05) is 5.41 Å². The second kappa shape index (κ2) is 5.91. The summed E-state index contributed by atoms with van der Waals surface area (Å²) in [6.45, 7) is 0.530. The smallest absolute Gasteiger partial charge is 0.218 e. The van der Waals surface area contributed by atoms with Crippen LogP contribution >= 0.6 is 0 Å². The SMILES string of the molecule is O=C1[C@@H]2OC[C@H](CC1(Cc1ccccc1)Cc1ccccc1)O2. The fourth-order valence-electron chi connectivity index (χ4n) is 3.83. The van der Waals surface area contributed by atoms with Crippen molar-refractivity contribution in [3.63, 3.8) is 0 Å². The standard InChI is InChI=1S/C20H20O3/c21-18-19-22-14-17(23-19)13-20(18,11-15-7-3-1-4-8-15)12-16-9-5-2-6-10-16/h1-10,17,19H,11-14H2/t17-,19+/m0/s1. The maximum atomic E-state index is 13.1. The van der Waals surface area contributed by atoms with E-state index in [-0.39, 0.29) is 11.9 Å². The molecule has 2 aromatic carbocycles. The van der Waals surface area contributed by atoms with Crippen LogP contribution in [-0.2, 0) is 27.1 Å². The number of hydrogen-bond acceptors (Lipinski definition) is 3. The van der Waals surface area contributed by atoms with Gasteiger partial charge in [0.25, 0.3) is 0 Å². The predicted octanol–water partition coefficient (Wildman–Crippen LogP) is 3.17. The molecule has 0 radical (unpaired) electrons. The molecule has 0 aliphatic carbocycles. The van der Waals surface area contributed by atoms with Crippen molar-refractivity contribution in [1.82, 2.24) is 0 Å². The average Bonchev–Trinajstić information content (AvgIpc) is 2.99. The first-order valence-electron chi connectivity index (χ1n) is 8.14. The molecule has 118 valence electrons. The van der Waals surface area contributed by atoms with Crippen molar-refractivity contribution in [3.8, 4) is 0 Å². The molecule has 23 heavy (non-hydrogen) atoms. The van der Waals surface area contributed by atoms with E-state index in [1.807, 2.05) is 36.4 Å². The van der Waals surface area contributed by atoms with Crippen LogP contribution in [0.4, 0.5) is 0 Å². The normalized spacial score (nSPS) is 25.5. The van der Waals surface area contributed by atoms with E-state index in [4.69, 9.17) is 9.47 Å². The highest BCUT2D eigenvalue weighted by Crippen LogP contribution is 2.42. The number of Topliss-reactive ketones (excluding diaryl/α,β-unsaturated/α-hetero) is 1. The molecule has 2 saturated heterocycles. The number of rotatable bonds is 4. The maximum absolute atomic E-state index is 13.1. The van der Waals surface area contributed by atoms with Gasteiger partial charge in [-0.25, -0.2) is 0 Å². The van der Waals surface area contributed by atoms with Crippen LogP contribution in [0, 0.1) is 5.41 Å². The molecule has 0 N–H and O–H groups in total. The van der Waals surface area contributed by atoms with E-state index in [0.717, 1.165) is 19.3 Å².